The summed E-state index contributed by atoms with van der Waals surface area (Å²) < 4.78 is 0. The second-order valence-corrected chi connectivity index (χ2v) is 3.76. The van der Waals surface area contributed by atoms with Gasteiger partial charge in [0.2, 0.25) is 5.91 Å². The number of carbonyl (C=O) groups excluding carboxylic acids is 1. The molecule has 0 fully saturated rings. The lowest BCUT2D eigenvalue weighted by Gasteiger charge is -2.20. The number of amides is 1. The highest BCUT2D eigenvalue weighted by molar-refractivity contribution is 5.73. The van der Waals surface area contributed by atoms with E-state index in [0.717, 1.165) is 5.69 Å². The van der Waals surface area contributed by atoms with Crippen molar-refractivity contribution < 1.29 is 14.7 Å². The lowest BCUT2D eigenvalue weighted by molar-refractivity contribution is -0.138. The Morgan fingerprint density at radius 2 is 2.18 bits per heavy atom. The molecule has 0 saturated heterocycles. The largest absolute Gasteiger partial charge is 0.481 e. The van der Waals surface area contributed by atoms with Crippen molar-refractivity contribution in [1.29, 1.82) is 0 Å². The fourth-order valence-electron chi connectivity index (χ4n) is 1.46. The van der Waals surface area contributed by atoms with Crippen molar-refractivity contribution >= 4 is 11.9 Å². The maximum Gasteiger partial charge on any atom is 0.303 e. The second kappa shape index (κ2) is 6.62. The topological polar surface area (TPSA) is 70.5 Å². The Morgan fingerprint density at radius 1 is 1.41 bits per heavy atom. The van der Waals surface area contributed by atoms with Gasteiger partial charge in [-0.3, -0.25) is 14.6 Å². The van der Waals surface area contributed by atoms with Crippen molar-refractivity contribution in [2.45, 2.75) is 26.3 Å². The summed E-state index contributed by atoms with van der Waals surface area (Å²) in [6.45, 7) is 2.34. The fraction of sp³-hybridized carbons (Fsp3) is 0.417. The molecule has 0 radical (unpaired) electrons. The van der Waals surface area contributed by atoms with E-state index >= 15 is 0 Å². The Hall–Kier alpha value is -1.91. The average Bonchev–Trinajstić information content (AvgIpc) is 2.28. The minimum atomic E-state index is -0.841. The molecule has 17 heavy (non-hydrogen) atoms. The summed E-state index contributed by atoms with van der Waals surface area (Å²) >= 11 is 0. The summed E-state index contributed by atoms with van der Waals surface area (Å²) in [7, 11) is 0. The summed E-state index contributed by atoms with van der Waals surface area (Å²) in [4.78, 5) is 27.5. The third-order valence-electron chi connectivity index (χ3n) is 2.34. The molecule has 1 amide bonds. The predicted molar refractivity (Wildman–Crippen MR) is 62.2 cm³/mol. The lowest BCUT2D eigenvalue weighted by atomic mass is 10.2. The van der Waals surface area contributed by atoms with Crippen LogP contribution in [0.25, 0.3) is 0 Å². The summed E-state index contributed by atoms with van der Waals surface area (Å²) in [5.74, 6) is -0.910. The molecule has 92 valence electrons. The van der Waals surface area contributed by atoms with E-state index in [2.05, 4.69) is 4.98 Å². The van der Waals surface area contributed by atoms with Crippen LogP contribution in [0.2, 0.25) is 0 Å². The van der Waals surface area contributed by atoms with Gasteiger partial charge in [-0.1, -0.05) is 6.07 Å². The highest BCUT2D eigenvalue weighted by Gasteiger charge is 2.10. The number of aliphatic carboxylic acids is 1. The van der Waals surface area contributed by atoms with Gasteiger partial charge in [-0.25, -0.2) is 0 Å². The zero-order chi connectivity index (χ0) is 12.7. The molecule has 0 bridgehead atoms. The summed E-state index contributed by atoms with van der Waals surface area (Å²) in [5.41, 5.74) is 0.804. The SMILES string of the molecule is CC(=O)N(CCCC(=O)O)Cc1ccccn1. The number of pyridine rings is 1. The molecule has 5 nitrogen and oxygen atoms in total. The first-order valence-corrected chi connectivity index (χ1v) is 5.47. The van der Waals surface area contributed by atoms with E-state index in [1.165, 1.54) is 6.92 Å². The smallest absolute Gasteiger partial charge is 0.303 e. The van der Waals surface area contributed by atoms with Gasteiger partial charge < -0.3 is 10.0 Å². The molecule has 0 aliphatic rings. The first kappa shape index (κ1) is 13.2. The van der Waals surface area contributed by atoms with Crippen LogP contribution >= 0.6 is 0 Å². The van der Waals surface area contributed by atoms with Gasteiger partial charge in [0.15, 0.2) is 0 Å². The number of rotatable bonds is 6. The molecule has 0 unspecified atom stereocenters. The summed E-state index contributed by atoms with van der Waals surface area (Å²) in [6, 6.07) is 5.51. The maximum atomic E-state index is 11.4. The molecule has 1 rings (SSSR count). The minimum absolute atomic E-state index is 0.0685. The number of aromatic nitrogens is 1. The van der Waals surface area contributed by atoms with Crippen molar-refractivity contribution in [3.05, 3.63) is 30.1 Å². The third kappa shape index (κ3) is 5.10. The highest BCUT2D eigenvalue weighted by Crippen LogP contribution is 2.03. The molecular weight excluding hydrogens is 220 g/mol. The lowest BCUT2D eigenvalue weighted by Crippen LogP contribution is -2.29. The van der Waals surface area contributed by atoms with Crippen LogP contribution in [-0.2, 0) is 16.1 Å². The van der Waals surface area contributed by atoms with E-state index in [-0.39, 0.29) is 12.3 Å². The van der Waals surface area contributed by atoms with Crippen LogP contribution in [0.5, 0.6) is 0 Å². The van der Waals surface area contributed by atoms with E-state index in [0.29, 0.717) is 19.5 Å². The zero-order valence-corrected chi connectivity index (χ0v) is 9.80. The first-order chi connectivity index (χ1) is 8.09. The molecule has 0 aromatic carbocycles. The van der Waals surface area contributed by atoms with Crippen LogP contribution in [0.1, 0.15) is 25.5 Å². The van der Waals surface area contributed by atoms with Crippen molar-refractivity contribution in [3.63, 3.8) is 0 Å². The second-order valence-electron chi connectivity index (χ2n) is 3.76. The number of carboxylic acid groups (broad SMARTS) is 1. The number of nitrogens with zero attached hydrogens (tertiary/aromatic N) is 2. The monoisotopic (exact) mass is 236 g/mol. The van der Waals surface area contributed by atoms with E-state index in [1.54, 1.807) is 11.1 Å². The Morgan fingerprint density at radius 3 is 2.71 bits per heavy atom. The van der Waals surface area contributed by atoms with Crippen LogP contribution < -0.4 is 0 Å². The van der Waals surface area contributed by atoms with Crippen LogP contribution in [0, 0.1) is 0 Å². The van der Waals surface area contributed by atoms with Crippen LogP contribution in [0.3, 0.4) is 0 Å². The molecular formula is C12H16N2O3. The fourth-order valence-corrected chi connectivity index (χ4v) is 1.46. The molecule has 1 heterocycles. The van der Waals surface area contributed by atoms with Gasteiger partial charge in [0.05, 0.1) is 12.2 Å². The van der Waals surface area contributed by atoms with E-state index in [1.807, 2.05) is 18.2 Å². The molecule has 1 aromatic rings. The first-order valence-electron chi connectivity index (χ1n) is 5.47. The number of hydrogen-bond acceptors (Lipinski definition) is 3. The van der Waals surface area contributed by atoms with Crippen LogP contribution in [0.4, 0.5) is 0 Å². The standard InChI is InChI=1S/C12H16N2O3/c1-10(15)14(8-4-6-12(16)17)9-11-5-2-3-7-13-11/h2-3,5,7H,4,6,8-9H2,1H3,(H,16,17). The Kier molecular flexibility index (Phi) is 5.13. The number of carboxylic acids is 1. The highest BCUT2D eigenvalue weighted by atomic mass is 16.4. The molecule has 0 atom stereocenters. The van der Waals surface area contributed by atoms with Crippen LogP contribution in [-0.4, -0.2) is 33.4 Å². The van der Waals surface area contributed by atoms with Crippen LogP contribution in [0.15, 0.2) is 24.4 Å². The normalized spacial score (nSPS) is 9.94. The Labute approximate surface area is 100 Å². The quantitative estimate of drug-likeness (QED) is 0.808. The molecule has 0 spiro atoms. The maximum absolute atomic E-state index is 11.4. The molecule has 1 N–H and O–H groups in total. The van der Waals surface area contributed by atoms with Gasteiger partial charge in [-0.15, -0.1) is 0 Å². The van der Waals surface area contributed by atoms with E-state index in [9.17, 15) is 9.59 Å². The minimum Gasteiger partial charge on any atom is -0.481 e. The summed E-state index contributed by atoms with van der Waals surface area (Å²) in [5, 5.41) is 8.54. The number of hydrogen-bond donors (Lipinski definition) is 1. The third-order valence-corrected chi connectivity index (χ3v) is 2.34. The van der Waals surface area contributed by atoms with Gasteiger partial charge in [-0.2, -0.15) is 0 Å². The zero-order valence-electron chi connectivity index (χ0n) is 9.80. The Balaban J connectivity index is 2.49. The van der Waals surface area contributed by atoms with Gasteiger partial charge in [0.25, 0.3) is 0 Å². The van der Waals surface area contributed by atoms with Gasteiger partial charge in [0, 0.05) is 26.1 Å². The molecule has 0 saturated carbocycles. The van der Waals surface area contributed by atoms with E-state index < -0.39 is 5.97 Å². The summed E-state index contributed by atoms with van der Waals surface area (Å²) in [6.07, 6.45) is 2.21. The molecule has 0 aliphatic carbocycles. The van der Waals surface area contributed by atoms with Gasteiger partial charge in [0.1, 0.15) is 0 Å². The van der Waals surface area contributed by atoms with Crippen molar-refractivity contribution in [1.82, 2.24) is 9.88 Å². The van der Waals surface area contributed by atoms with E-state index in [4.69, 9.17) is 5.11 Å². The van der Waals surface area contributed by atoms with Crippen molar-refractivity contribution in [3.8, 4) is 0 Å². The average molecular weight is 236 g/mol. The molecule has 0 aliphatic heterocycles. The van der Waals surface area contributed by atoms with Gasteiger partial charge in [-0.05, 0) is 18.6 Å². The van der Waals surface area contributed by atoms with Crippen molar-refractivity contribution in [2.75, 3.05) is 6.54 Å². The molecule has 1 aromatic heterocycles. The predicted octanol–water partition coefficient (Wildman–Crippen LogP) is 1.29. The van der Waals surface area contributed by atoms with Crippen molar-refractivity contribution in [2.24, 2.45) is 0 Å². The number of carbonyl (C=O) groups is 2. The Bertz CT molecular complexity index is 379. The van der Waals surface area contributed by atoms with Gasteiger partial charge >= 0.3 is 5.97 Å². The molecule has 5 heteroatoms.